The molecule has 1 atom stereocenters. The monoisotopic (exact) mass is 267 g/mol. The Kier molecular flexibility index (Phi) is 3.49. The fourth-order valence-corrected chi connectivity index (χ4v) is 3.23. The first kappa shape index (κ1) is 12.2. The van der Waals surface area contributed by atoms with Gasteiger partial charge in [-0.05, 0) is 24.5 Å². The number of hydrogen-bond acceptors (Lipinski definition) is 3. The minimum absolute atomic E-state index is 0.0591. The molecule has 1 aliphatic rings. The summed E-state index contributed by atoms with van der Waals surface area (Å²) in [6, 6.07) is 1.78. The van der Waals surface area contributed by atoms with Crippen LogP contribution >= 0.6 is 22.9 Å². The van der Waals surface area contributed by atoms with E-state index in [1.807, 2.05) is 6.07 Å². The van der Waals surface area contributed by atoms with Crippen molar-refractivity contribution in [3.8, 4) is 0 Å². The normalized spacial score (nSPS) is 20.1. The number of thiophene rings is 1. The van der Waals surface area contributed by atoms with Crippen molar-refractivity contribution < 1.29 is 13.9 Å². The smallest absolute Gasteiger partial charge is 0.282 e. The largest absolute Gasteiger partial charge is 0.390 e. The van der Waals surface area contributed by atoms with Gasteiger partial charge in [0.25, 0.3) is 5.92 Å². The number of aliphatic hydroxyl groups excluding tert-OH is 1. The molecule has 2 N–H and O–H groups in total. The first-order chi connectivity index (χ1) is 7.52. The van der Waals surface area contributed by atoms with Gasteiger partial charge in [-0.25, -0.2) is 8.78 Å². The third kappa shape index (κ3) is 2.53. The molecular formula is C10H12ClF2NOS. The molecule has 1 aromatic heterocycles. The van der Waals surface area contributed by atoms with Crippen molar-refractivity contribution >= 4 is 22.9 Å². The van der Waals surface area contributed by atoms with Gasteiger partial charge < -0.3 is 10.4 Å². The molecule has 0 bridgehead atoms. The van der Waals surface area contributed by atoms with Gasteiger partial charge in [-0.15, -0.1) is 11.3 Å². The molecule has 0 fully saturated rings. The van der Waals surface area contributed by atoms with Gasteiger partial charge in [0.2, 0.25) is 0 Å². The molecule has 0 radical (unpaired) electrons. The summed E-state index contributed by atoms with van der Waals surface area (Å²) in [5.41, 5.74) is 1.03. The van der Waals surface area contributed by atoms with Gasteiger partial charge in [-0.1, -0.05) is 11.6 Å². The Hall–Kier alpha value is -0.230. The van der Waals surface area contributed by atoms with Crippen LogP contribution in [0.4, 0.5) is 8.78 Å². The van der Waals surface area contributed by atoms with Crippen molar-refractivity contribution in [1.82, 2.24) is 5.32 Å². The molecule has 2 nitrogen and oxygen atoms in total. The van der Waals surface area contributed by atoms with Crippen molar-refractivity contribution in [2.24, 2.45) is 0 Å². The lowest BCUT2D eigenvalue weighted by molar-refractivity contribution is -0.0493. The Morgan fingerprint density at radius 1 is 1.62 bits per heavy atom. The van der Waals surface area contributed by atoms with Crippen LogP contribution in [0.2, 0.25) is 4.34 Å². The maximum absolute atomic E-state index is 12.9. The number of rotatable bonds is 4. The molecule has 0 saturated carbocycles. The van der Waals surface area contributed by atoms with E-state index in [9.17, 15) is 8.78 Å². The molecule has 1 heterocycles. The predicted octanol–water partition coefficient (Wildman–Crippen LogP) is 2.61. The van der Waals surface area contributed by atoms with E-state index in [2.05, 4.69) is 5.32 Å². The molecule has 6 heteroatoms. The van der Waals surface area contributed by atoms with E-state index < -0.39 is 19.1 Å². The Balaban J connectivity index is 1.98. The third-order valence-electron chi connectivity index (χ3n) is 2.69. The van der Waals surface area contributed by atoms with E-state index in [1.54, 1.807) is 0 Å². The second kappa shape index (κ2) is 4.56. The average Bonchev–Trinajstić information content (AvgIpc) is 2.74. The molecule has 0 amide bonds. The summed E-state index contributed by atoms with van der Waals surface area (Å²) < 4.78 is 26.4. The number of nitrogens with one attached hydrogen (secondary N) is 1. The number of halogens is 3. The zero-order valence-corrected chi connectivity index (χ0v) is 10.0. The highest BCUT2D eigenvalue weighted by atomic mass is 35.5. The highest BCUT2D eigenvalue weighted by Gasteiger charge is 2.31. The van der Waals surface area contributed by atoms with Gasteiger partial charge in [0.1, 0.15) is 6.61 Å². The zero-order chi connectivity index (χ0) is 11.8. The first-order valence-corrected chi connectivity index (χ1v) is 6.21. The van der Waals surface area contributed by atoms with Gasteiger partial charge in [-0.2, -0.15) is 0 Å². The summed E-state index contributed by atoms with van der Waals surface area (Å²) in [4.78, 5) is 1.18. The lowest BCUT2D eigenvalue weighted by atomic mass is 10.1. The van der Waals surface area contributed by atoms with Crippen molar-refractivity contribution in [1.29, 1.82) is 0 Å². The van der Waals surface area contributed by atoms with E-state index in [0.717, 1.165) is 18.4 Å². The summed E-state index contributed by atoms with van der Waals surface area (Å²) in [5, 5.41) is 11.2. The Bertz CT molecular complexity index is 383. The second-order valence-electron chi connectivity index (χ2n) is 3.92. The SMILES string of the molecule is OCC(F)(F)CNC1CCc2sc(Cl)cc21. The molecule has 1 aliphatic carbocycles. The fraction of sp³-hybridized carbons (Fsp3) is 0.600. The molecule has 16 heavy (non-hydrogen) atoms. The zero-order valence-electron chi connectivity index (χ0n) is 8.47. The number of aliphatic hydroxyl groups is 1. The maximum atomic E-state index is 12.9. The summed E-state index contributed by atoms with van der Waals surface area (Å²) in [6.07, 6.45) is 1.70. The molecule has 90 valence electrons. The standard InChI is InChI=1S/C10H12ClF2NOS/c11-9-3-6-7(1-2-8(6)16-9)14-4-10(12,13)5-15/h3,7,14-15H,1-2,4-5H2. The van der Waals surface area contributed by atoms with Gasteiger partial charge in [0.05, 0.1) is 10.9 Å². The van der Waals surface area contributed by atoms with Crippen molar-refractivity contribution in [2.75, 3.05) is 13.2 Å². The van der Waals surface area contributed by atoms with Gasteiger partial charge >= 0.3 is 0 Å². The number of hydrogen-bond donors (Lipinski definition) is 2. The fourth-order valence-electron chi connectivity index (χ4n) is 1.87. The van der Waals surface area contributed by atoms with Crippen LogP contribution in [0, 0.1) is 0 Å². The lowest BCUT2D eigenvalue weighted by Crippen LogP contribution is -2.37. The summed E-state index contributed by atoms with van der Waals surface area (Å²) in [7, 11) is 0. The average molecular weight is 268 g/mol. The van der Waals surface area contributed by atoms with Crippen LogP contribution in [0.25, 0.3) is 0 Å². The molecule has 1 aromatic rings. The lowest BCUT2D eigenvalue weighted by Gasteiger charge is -2.18. The Morgan fingerprint density at radius 2 is 2.38 bits per heavy atom. The first-order valence-electron chi connectivity index (χ1n) is 5.02. The quantitative estimate of drug-likeness (QED) is 0.879. The van der Waals surface area contributed by atoms with Gasteiger partial charge in [0, 0.05) is 10.9 Å². The van der Waals surface area contributed by atoms with Crippen LogP contribution < -0.4 is 5.32 Å². The second-order valence-corrected chi connectivity index (χ2v) is 5.68. The van der Waals surface area contributed by atoms with Crippen LogP contribution in [-0.4, -0.2) is 24.2 Å². The van der Waals surface area contributed by atoms with E-state index in [1.165, 1.54) is 16.2 Å². The van der Waals surface area contributed by atoms with Crippen LogP contribution in [0.3, 0.4) is 0 Å². The predicted molar refractivity (Wildman–Crippen MR) is 60.4 cm³/mol. The molecular weight excluding hydrogens is 256 g/mol. The van der Waals surface area contributed by atoms with E-state index in [4.69, 9.17) is 16.7 Å². The Labute approximate surface area is 101 Å². The van der Waals surface area contributed by atoms with Gasteiger partial charge in [0.15, 0.2) is 0 Å². The topological polar surface area (TPSA) is 32.3 Å². The summed E-state index contributed by atoms with van der Waals surface area (Å²) in [6.45, 7) is -1.62. The highest BCUT2D eigenvalue weighted by Crippen LogP contribution is 2.39. The van der Waals surface area contributed by atoms with Crippen LogP contribution in [0.1, 0.15) is 22.9 Å². The molecule has 0 spiro atoms. The van der Waals surface area contributed by atoms with E-state index in [-0.39, 0.29) is 6.04 Å². The highest BCUT2D eigenvalue weighted by molar-refractivity contribution is 7.16. The van der Waals surface area contributed by atoms with Gasteiger partial charge in [-0.3, -0.25) is 0 Å². The van der Waals surface area contributed by atoms with Crippen LogP contribution in [-0.2, 0) is 6.42 Å². The number of fused-ring (bicyclic) bond motifs is 1. The minimum atomic E-state index is -3.05. The molecule has 0 aliphatic heterocycles. The van der Waals surface area contributed by atoms with Crippen molar-refractivity contribution in [3.05, 3.63) is 20.8 Å². The summed E-state index contributed by atoms with van der Waals surface area (Å²) >= 11 is 7.37. The molecule has 0 aromatic carbocycles. The third-order valence-corrected chi connectivity index (χ3v) is 4.03. The summed E-state index contributed by atoms with van der Waals surface area (Å²) in [5.74, 6) is -3.05. The Morgan fingerprint density at radius 3 is 3.06 bits per heavy atom. The molecule has 1 unspecified atom stereocenters. The van der Waals surface area contributed by atoms with E-state index in [0.29, 0.717) is 4.34 Å². The number of aryl methyl sites for hydroxylation is 1. The molecule has 2 rings (SSSR count). The van der Waals surface area contributed by atoms with Crippen LogP contribution in [0.5, 0.6) is 0 Å². The minimum Gasteiger partial charge on any atom is -0.390 e. The number of alkyl halides is 2. The van der Waals surface area contributed by atoms with E-state index >= 15 is 0 Å². The van der Waals surface area contributed by atoms with Crippen molar-refractivity contribution in [3.63, 3.8) is 0 Å². The maximum Gasteiger partial charge on any atom is 0.282 e. The van der Waals surface area contributed by atoms with Crippen molar-refractivity contribution in [2.45, 2.75) is 24.8 Å². The molecule has 0 saturated heterocycles. The van der Waals surface area contributed by atoms with Crippen LogP contribution in [0.15, 0.2) is 6.07 Å².